The molecule has 0 aromatic heterocycles. The van der Waals surface area contributed by atoms with E-state index in [0.29, 0.717) is 43.9 Å². The first-order chi connectivity index (χ1) is 14.4. The van der Waals surface area contributed by atoms with E-state index in [1.165, 1.54) is 9.80 Å². The summed E-state index contributed by atoms with van der Waals surface area (Å²) in [4.78, 5) is 51.1. The van der Waals surface area contributed by atoms with Gasteiger partial charge < -0.3 is 19.6 Å². The molecule has 4 aliphatic rings. The van der Waals surface area contributed by atoms with Gasteiger partial charge in [-0.2, -0.15) is 0 Å². The summed E-state index contributed by atoms with van der Waals surface area (Å²) < 4.78 is 6.11. The Hall–Kier alpha value is -3.10. The number of imide groups is 1. The van der Waals surface area contributed by atoms with Crippen LogP contribution in [0.15, 0.2) is 12.1 Å². The van der Waals surface area contributed by atoms with E-state index in [0.717, 1.165) is 24.0 Å². The van der Waals surface area contributed by atoms with Gasteiger partial charge in [0.15, 0.2) is 0 Å². The van der Waals surface area contributed by atoms with Gasteiger partial charge in [0.25, 0.3) is 5.91 Å². The van der Waals surface area contributed by atoms with Gasteiger partial charge in [-0.05, 0) is 31.7 Å². The van der Waals surface area contributed by atoms with Crippen molar-refractivity contribution >= 4 is 23.8 Å². The van der Waals surface area contributed by atoms with Crippen LogP contribution in [0, 0.1) is 0 Å². The number of piperidine rings is 1. The summed E-state index contributed by atoms with van der Waals surface area (Å²) in [6.07, 6.45) is 1.90. The van der Waals surface area contributed by atoms with E-state index in [-0.39, 0.29) is 30.2 Å². The number of carbonyl (C=O) groups is 4. The molecule has 1 aromatic carbocycles. The molecule has 0 bridgehead atoms. The lowest BCUT2D eigenvalue weighted by atomic mass is 9.75. The van der Waals surface area contributed by atoms with Crippen molar-refractivity contribution in [3.8, 4) is 5.75 Å². The second-order valence-corrected chi connectivity index (χ2v) is 8.56. The maximum absolute atomic E-state index is 13.0. The van der Waals surface area contributed by atoms with Crippen molar-refractivity contribution in [1.82, 2.24) is 15.1 Å². The molecule has 1 spiro atoms. The zero-order valence-corrected chi connectivity index (χ0v) is 16.5. The number of nitrogens with zero attached hydrogens (tertiary/aromatic N) is 2. The molecular formula is C21H23N3O6. The molecule has 2 unspecified atom stereocenters. The monoisotopic (exact) mass is 413 g/mol. The molecule has 2 atom stereocenters. The molecule has 2 fully saturated rings. The molecule has 158 valence electrons. The van der Waals surface area contributed by atoms with E-state index >= 15 is 0 Å². The number of nitrogens with one attached hydrogen (secondary N) is 1. The van der Waals surface area contributed by atoms with Crippen LogP contribution in [-0.4, -0.2) is 64.5 Å². The number of carboxylic acid groups (broad SMARTS) is 1. The number of likely N-dealkylation sites (tertiary alicyclic amines) is 1. The first kappa shape index (κ1) is 18.9. The number of hydrogen-bond acceptors (Lipinski definition) is 5. The van der Waals surface area contributed by atoms with Gasteiger partial charge >= 0.3 is 6.09 Å². The third kappa shape index (κ3) is 2.75. The number of hydrogen-bond donors (Lipinski definition) is 2. The fourth-order valence-electron chi connectivity index (χ4n) is 5.28. The van der Waals surface area contributed by atoms with Crippen LogP contribution in [0.3, 0.4) is 0 Å². The lowest BCUT2D eigenvalue weighted by Gasteiger charge is -2.29. The van der Waals surface area contributed by atoms with E-state index in [4.69, 9.17) is 4.74 Å². The van der Waals surface area contributed by atoms with Gasteiger partial charge in [0.05, 0.1) is 13.2 Å². The van der Waals surface area contributed by atoms with Crippen LogP contribution in [0.2, 0.25) is 0 Å². The molecule has 0 aliphatic carbocycles. The van der Waals surface area contributed by atoms with Crippen LogP contribution in [-0.2, 0) is 21.5 Å². The van der Waals surface area contributed by atoms with E-state index in [1.54, 1.807) is 6.07 Å². The van der Waals surface area contributed by atoms with Crippen molar-refractivity contribution in [3.63, 3.8) is 0 Å². The van der Waals surface area contributed by atoms with Crippen LogP contribution < -0.4 is 10.1 Å². The number of fused-ring (bicyclic) bond motifs is 4. The minimum Gasteiger partial charge on any atom is -0.492 e. The molecule has 9 heteroatoms. The Labute approximate surface area is 173 Å². The van der Waals surface area contributed by atoms with Gasteiger partial charge in [0.1, 0.15) is 11.8 Å². The van der Waals surface area contributed by atoms with Crippen LogP contribution in [0.1, 0.15) is 53.6 Å². The third-order valence-corrected chi connectivity index (χ3v) is 6.94. The molecule has 4 aliphatic heterocycles. The standard InChI is InChI=1S/C21H23N3O6/c25-16-5-4-15(18(26)22-16)24-10-13-12(19(24)27)2-3-14-17(13)30-11-21(14)6-1-8-23(9-7-21)20(28)29/h2-3,15H,1,4-11H2,(H,28,29)(H,22,25,26). The van der Waals surface area contributed by atoms with Crippen LogP contribution >= 0.6 is 0 Å². The molecule has 30 heavy (non-hydrogen) atoms. The number of carbonyl (C=O) groups excluding carboxylic acids is 3. The lowest BCUT2D eigenvalue weighted by Crippen LogP contribution is -2.52. The summed E-state index contributed by atoms with van der Waals surface area (Å²) in [6, 6.07) is 3.08. The highest BCUT2D eigenvalue weighted by Crippen LogP contribution is 2.49. The van der Waals surface area contributed by atoms with Crippen molar-refractivity contribution in [2.75, 3.05) is 19.7 Å². The maximum Gasteiger partial charge on any atom is 0.407 e. The Kier molecular flexibility index (Phi) is 4.23. The normalized spacial score (nSPS) is 28.1. The maximum atomic E-state index is 13.0. The van der Waals surface area contributed by atoms with Crippen LogP contribution in [0.5, 0.6) is 5.75 Å². The predicted molar refractivity (Wildman–Crippen MR) is 103 cm³/mol. The van der Waals surface area contributed by atoms with Crippen molar-refractivity contribution in [1.29, 1.82) is 0 Å². The van der Waals surface area contributed by atoms with Crippen molar-refractivity contribution in [3.05, 3.63) is 28.8 Å². The van der Waals surface area contributed by atoms with Gasteiger partial charge in [0.2, 0.25) is 11.8 Å². The molecule has 0 saturated carbocycles. The van der Waals surface area contributed by atoms with Gasteiger partial charge in [0, 0.05) is 41.6 Å². The highest BCUT2D eigenvalue weighted by atomic mass is 16.5. The Balaban J connectivity index is 1.44. The van der Waals surface area contributed by atoms with E-state index in [2.05, 4.69) is 5.32 Å². The Bertz CT molecular complexity index is 976. The summed E-state index contributed by atoms with van der Waals surface area (Å²) in [5.74, 6) is -0.251. The smallest absolute Gasteiger partial charge is 0.407 e. The van der Waals surface area contributed by atoms with Crippen LogP contribution in [0.4, 0.5) is 4.79 Å². The molecule has 0 radical (unpaired) electrons. The van der Waals surface area contributed by atoms with Crippen molar-refractivity contribution in [2.45, 2.75) is 50.1 Å². The van der Waals surface area contributed by atoms with Crippen molar-refractivity contribution < 1.29 is 29.0 Å². The lowest BCUT2D eigenvalue weighted by molar-refractivity contribution is -0.136. The average molecular weight is 413 g/mol. The summed E-state index contributed by atoms with van der Waals surface area (Å²) in [5, 5.41) is 11.7. The Morgan fingerprint density at radius 1 is 1.20 bits per heavy atom. The first-order valence-electron chi connectivity index (χ1n) is 10.3. The van der Waals surface area contributed by atoms with Crippen LogP contribution in [0.25, 0.3) is 0 Å². The second kappa shape index (κ2) is 6.72. The number of amides is 4. The SMILES string of the molecule is O=C1CCC(N2Cc3c(ccc4c3OCC43CCCN(C(=O)O)CC3)C2=O)C(=O)N1. The Morgan fingerprint density at radius 3 is 2.80 bits per heavy atom. The fraction of sp³-hybridized carbons (Fsp3) is 0.524. The first-order valence-corrected chi connectivity index (χ1v) is 10.3. The third-order valence-electron chi connectivity index (χ3n) is 6.94. The van der Waals surface area contributed by atoms with Gasteiger partial charge in [-0.25, -0.2) is 4.79 Å². The Morgan fingerprint density at radius 2 is 2.03 bits per heavy atom. The zero-order chi connectivity index (χ0) is 21.0. The molecule has 4 heterocycles. The topological polar surface area (TPSA) is 116 Å². The van der Waals surface area contributed by atoms with E-state index < -0.39 is 18.0 Å². The van der Waals surface area contributed by atoms with Crippen molar-refractivity contribution in [2.24, 2.45) is 0 Å². The highest BCUT2D eigenvalue weighted by molar-refractivity contribution is 6.05. The summed E-state index contributed by atoms with van der Waals surface area (Å²) in [7, 11) is 0. The van der Waals surface area contributed by atoms with Gasteiger partial charge in [-0.3, -0.25) is 19.7 Å². The molecule has 2 saturated heterocycles. The average Bonchev–Trinajstić information content (AvgIpc) is 3.13. The molecule has 5 rings (SSSR count). The van der Waals surface area contributed by atoms with Gasteiger partial charge in [-0.1, -0.05) is 6.07 Å². The molecule has 1 aromatic rings. The largest absolute Gasteiger partial charge is 0.492 e. The number of rotatable bonds is 1. The summed E-state index contributed by atoms with van der Waals surface area (Å²) >= 11 is 0. The molecule has 2 N–H and O–H groups in total. The quantitative estimate of drug-likeness (QED) is 0.669. The molecule has 9 nitrogen and oxygen atoms in total. The number of ether oxygens (including phenoxy) is 1. The highest BCUT2D eigenvalue weighted by Gasteiger charge is 2.47. The minimum absolute atomic E-state index is 0.217. The minimum atomic E-state index is -0.898. The molecule has 4 amide bonds. The number of benzene rings is 1. The second-order valence-electron chi connectivity index (χ2n) is 8.56. The predicted octanol–water partition coefficient (Wildman–Crippen LogP) is 1.24. The fourth-order valence-corrected chi connectivity index (χ4v) is 5.28. The van der Waals surface area contributed by atoms with Gasteiger partial charge in [-0.15, -0.1) is 0 Å². The van der Waals surface area contributed by atoms with E-state index in [1.807, 2.05) is 6.07 Å². The van der Waals surface area contributed by atoms with E-state index in [9.17, 15) is 24.3 Å². The summed E-state index contributed by atoms with van der Waals surface area (Å²) in [5.41, 5.74) is 2.11. The summed E-state index contributed by atoms with van der Waals surface area (Å²) in [6.45, 7) is 1.72. The zero-order valence-electron chi connectivity index (χ0n) is 16.5. The molecular weight excluding hydrogens is 390 g/mol.